The summed E-state index contributed by atoms with van der Waals surface area (Å²) < 4.78 is 5.26. The van der Waals surface area contributed by atoms with Crippen LogP contribution in [-0.2, 0) is 11.2 Å². The molecule has 0 heterocycles. The Hall–Kier alpha value is -1.51. The highest BCUT2D eigenvalue weighted by Gasteiger charge is 2.18. The van der Waals surface area contributed by atoms with Crippen LogP contribution in [0.1, 0.15) is 43.6 Å². The minimum atomic E-state index is -0.477. The molecule has 16 heavy (non-hydrogen) atoms. The van der Waals surface area contributed by atoms with Crippen molar-refractivity contribution in [2.75, 3.05) is 5.73 Å². The fourth-order valence-corrected chi connectivity index (χ4v) is 1.38. The van der Waals surface area contributed by atoms with E-state index < -0.39 is 5.60 Å². The van der Waals surface area contributed by atoms with Crippen molar-refractivity contribution in [2.24, 2.45) is 0 Å². The molecule has 88 valence electrons. The van der Waals surface area contributed by atoms with E-state index in [0.717, 1.165) is 12.0 Å². The smallest absolute Gasteiger partial charge is 0.338 e. The summed E-state index contributed by atoms with van der Waals surface area (Å²) in [5.41, 5.74) is 7.55. The molecule has 1 aromatic carbocycles. The van der Waals surface area contributed by atoms with Crippen LogP contribution in [0.4, 0.5) is 5.69 Å². The lowest BCUT2D eigenvalue weighted by molar-refractivity contribution is 0.00696. The molecule has 3 nitrogen and oxygen atoms in total. The molecule has 1 aromatic rings. The van der Waals surface area contributed by atoms with Crippen molar-refractivity contribution in [3.63, 3.8) is 0 Å². The lowest BCUT2D eigenvalue weighted by Crippen LogP contribution is -2.24. The number of nitrogens with two attached hydrogens (primary N) is 1. The van der Waals surface area contributed by atoms with Crippen LogP contribution in [0.5, 0.6) is 0 Å². The molecule has 3 heteroatoms. The predicted molar refractivity (Wildman–Crippen MR) is 65.4 cm³/mol. The first-order valence-electron chi connectivity index (χ1n) is 5.45. The van der Waals surface area contributed by atoms with Gasteiger partial charge in [0.2, 0.25) is 0 Å². The van der Waals surface area contributed by atoms with E-state index in [1.54, 1.807) is 12.1 Å². The highest BCUT2D eigenvalue weighted by atomic mass is 16.6. The number of rotatable bonds is 2. The Morgan fingerprint density at radius 3 is 2.44 bits per heavy atom. The van der Waals surface area contributed by atoms with Crippen molar-refractivity contribution in [1.82, 2.24) is 0 Å². The number of carbonyl (C=O) groups is 1. The van der Waals surface area contributed by atoms with Crippen LogP contribution in [0.2, 0.25) is 0 Å². The summed E-state index contributed by atoms with van der Waals surface area (Å²) in [6.07, 6.45) is 0.862. The molecule has 0 unspecified atom stereocenters. The molecule has 0 saturated heterocycles. The van der Waals surface area contributed by atoms with Gasteiger partial charge in [0.1, 0.15) is 5.60 Å². The molecule has 0 aliphatic heterocycles. The molecule has 0 saturated carbocycles. The average molecular weight is 221 g/mol. The van der Waals surface area contributed by atoms with Crippen LogP contribution in [0.15, 0.2) is 18.2 Å². The van der Waals surface area contributed by atoms with Gasteiger partial charge in [-0.15, -0.1) is 0 Å². The second kappa shape index (κ2) is 4.56. The van der Waals surface area contributed by atoms with Crippen molar-refractivity contribution in [1.29, 1.82) is 0 Å². The molecular weight excluding hydrogens is 202 g/mol. The second-order valence-electron chi connectivity index (χ2n) is 4.77. The maximum absolute atomic E-state index is 11.7. The number of hydrogen-bond donors (Lipinski definition) is 1. The zero-order valence-corrected chi connectivity index (χ0v) is 10.3. The molecule has 2 N–H and O–H groups in total. The van der Waals surface area contributed by atoms with E-state index in [4.69, 9.17) is 10.5 Å². The van der Waals surface area contributed by atoms with Crippen molar-refractivity contribution in [2.45, 2.75) is 39.7 Å². The van der Waals surface area contributed by atoms with Gasteiger partial charge in [0, 0.05) is 5.69 Å². The van der Waals surface area contributed by atoms with Gasteiger partial charge in [-0.2, -0.15) is 0 Å². The molecule has 0 bridgehead atoms. The Morgan fingerprint density at radius 2 is 2.00 bits per heavy atom. The lowest BCUT2D eigenvalue weighted by Gasteiger charge is -2.19. The van der Waals surface area contributed by atoms with Crippen LogP contribution in [0.25, 0.3) is 0 Å². The van der Waals surface area contributed by atoms with Crippen molar-refractivity contribution in [3.8, 4) is 0 Å². The fourth-order valence-electron chi connectivity index (χ4n) is 1.38. The van der Waals surface area contributed by atoms with Crippen LogP contribution < -0.4 is 5.73 Å². The summed E-state index contributed by atoms with van der Waals surface area (Å²) in [6.45, 7) is 7.55. The first-order chi connectivity index (χ1) is 7.33. The first-order valence-corrected chi connectivity index (χ1v) is 5.45. The van der Waals surface area contributed by atoms with Gasteiger partial charge in [0.15, 0.2) is 0 Å². The number of nitrogen functional groups attached to an aromatic ring is 1. The number of esters is 1. The maximum atomic E-state index is 11.7. The lowest BCUT2D eigenvalue weighted by atomic mass is 10.1. The zero-order chi connectivity index (χ0) is 12.3. The Kier molecular flexibility index (Phi) is 3.58. The standard InChI is InChI=1S/C13H19NO2/c1-5-9-6-7-10(8-11(9)14)12(15)16-13(2,3)4/h6-8H,5,14H2,1-4H3. The largest absolute Gasteiger partial charge is 0.456 e. The summed E-state index contributed by atoms with van der Waals surface area (Å²) in [7, 11) is 0. The van der Waals surface area contributed by atoms with E-state index in [9.17, 15) is 4.79 Å². The Morgan fingerprint density at radius 1 is 1.38 bits per heavy atom. The summed E-state index contributed by atoms with van der Waals surface area (Å²) in [5, 5.41) is 0. The number of aryl methyl sites for hydroxylation is 1. The van der Waals surface area contributed by atoms with Gasteiger partial charge in [0.25, 0.3) is 0 Å². The van der Waals surface area contributed by atoms with E-state index in [1.165, 1.54) is 0 Å². The van der Waals surface area contributed by atoms with E-state index in [2.05, 4.69) is 0 Å². The highest BCUT2D eigenvalue weighted by Crippen LogP contribution is 2.17. The topological polar surface area (TPSA) is 52.3 Å². The highest BCUT2D eigenvalue weighted by molar-refractivity contribution is 5.91. The Balaban J connectivity index is 2.89. The van der Waals surface area contributed by atoms with Gasteiger partial charge >= 0.3 is 5.97 Å². The molecule has 0 aliphatic rings. The summed E-state index contributed by atoms with van der Waals surface area (Å²) in [4.78, 5) is 11.7. The number of benzene rings is 1. The molecular formula is C13H19NO2. The third-order valence-corrected chi connectivity index (χ3v) is 2.16. The van der Waals surface area contributed by atoms with E-state index in [0.29, 0.717) is 11.3 Å². The summed E-state index contributed by atoms with van der Waals surface area (Å²) in [5.74, 6) is -0.332. The summed E-state index contributed by atoms with van der Waals surface area (Å²) in [6, 6.07) is 5.30. The molecule has 0 amide bonds. The number of anilines is 1. The minimum Gasteiger partial charge on any atom is -0.456 e. The second-order valence-corrected chi connectivity index (χ2v) is 4.77. The Labute approximate surface area is 96.6 Å². The normalized spacial score (nSPS) is 11.2. The van der Waals surface area contributed by atoms with Crippen LogP contribution >= 0.6 is 0 Å². The third-order valence-electron chi connectivity index (χ3n) is 2.16. The van der Waals surface area contributed by atoms with E-state index >= 15 is 0 Å². The number of ether oxygens (including phenoxy) is 1. The van der Waals surface area contributed by atoms with Gasteiger partial charge in [-0.1, -0.05) is 13.0 Å². The van der Waals surface area contributed by atoms with Crippen molar-refractivity contribution in [3.05, 3.63) is 29.3 Å². The molecule has 0 spiro atoms. The van der Waals surface area contributed by atoms with Gasteiger partial charge < -0.3 is 10.5 Å². The molecule has 0 aliphatic carbocycles. The van der Waals surface area contributed by atoms with Crippen molar-refractivity contribution >= 4 is 11.7 Å². The molecule has 0 radical (unpaired) electrons. The van der Waals surface area contributed by atoms with Crippen molar-refractivity contribution < 1.29 is 9.53 Å². The molecule has 0 fully saturated rings. The predicted octanol–water partition coefficient (Wildman–Crippen LogP) is 2.79. The number of hydrogen-bond acceptors (Lipinski definition) is 3. The van der Waals surface area contributed by atoms with Crippen LogP contribution in [-0.4, -0.2) is 11.6 Å². The molecule has 0 aromatic heterocycles. The van der Waals surface area contributed by atoms with Crippen LogP contribution in [0, 0.1) is 0 Å². The third kappa shape index (κ3) is 3.26. The number of carbonyl (C=O) groups excluding carboxylic acids is 1. The fraction of sp³-hybridized carbons (Fsp3) is 0.462. The van der Waals surface area contributed by atoms with Gasteiger partial charge in [-0.25, -0.2) is 4.79 Å². The van der Waals surface area contributed by atoms with Crippen LogP contribution in [0.3, 0.4) is 0 Å². The summed E-state index contributed by atoms with van der Waals surface area (Å²) >= 11 is 0. The first kappa shape index (κ1) is 12.6. The molecule has 0 atom stereocenters. The Bertz CT molecular complexity index is 391. The van der Waals surface area contributed by atoms with Gasteiger partial charge in [-0.3, -0.25) is 0 Å². The van der Waals surface area contributed by atoms with Gasteiger partial charge in [-0.05, 0) is 44.9 Å². The minimum absolute atomic E-state index is 0.332. The quantitative estimate of drug-likeness (QED) is 0.617. The zero-order valence-electron chi connectivity index (χ0n) is 10.3. The maximum Gasteiger partial charge on any atom is 0.338 e. The SMILES string of the molecule is CCc1ccc(C(=O)OC(C)(C)C)cc1N. The van der Waals surface area contributed by atoms with E-state index in [1.807, 2.05) is 33.8 Å². The average Bonchev–Trinajstić information content (AvgIpc) is 2.15. The molecule has 1 rings (SSSR count). The monoisotopic (exact) mass is 221 g/mol. The van der Waals surface area contributed by atoms with E-state index in [-0.39, 0.29) is 5.97 Å². The van der Waals surface area contributed by atoms with Gasteiger partial charge in [0.05, 0.1) is 5.56 Å².